The van der Waals surface area contributed by atoms with Crippen LogP contribution in [-0.4, -0.2) is 23.7 Å². The van der Waals surface area contributed by atoms with E-state index in [0.717, 1.165) is 19.3 Å². The molecule has 0 radical (unpaired) electrons. The van der Waals surface area contributed by atoms with Crippen LogP contribution >= 0.6 is 0 Å². The van der Waals surface area contributed by atoms with Crippen LogP contribution in [0.1, 0.15) is 52.9 Å². The SMILES string of the molecule is CNC1(CC(=O)O)CCCCC1C(C)(C)C. The van der Waals surface area contributed by atoms with Gasteiger partial charge >= 0.3 is 5.97 Å². The molecule has 0 saturated heterocycles. The third-order valence-corrected chi connectivity index (χ3v) is 4.04. The van der Waals surface area contributed by atoms with Crippen molar-refractivity contribution in [3.63, 3.8) is 0 Å². The van der Waals surface area contributed by atoms with E-state index in [-0.39, 0.29) is 17.4 Å². The highest BCUT2D eigenvalue weighted by Crippen LogP contribution is 2.45. The topological polar surface area (TPSA) is 49.3 Å². The van der Waals surface area contributed by atoms with Gasteiger partial charge in [-0.2, -0.15) is 0 Å². The number of hydrogen-bond acceptors (Lipinski definition) is 2. The molecule has 0 aromatic heterocycles. The molecular weight excluding hydrogens is 202 g/mol. The van der Waals surface area contributed by atoms with Crippen LogP contribution in [0.5, 0.6) is 0 Å². The Morgan fingerprint density at radius 2 is 2.06 bits per heavy atom. The van der Waals surface area contributed by atoms with Gasteiger partial charge < -0.3 is 10.4 Å². The molecule has 0 spiro atoms. The van der Waals surface area contributed by atoms with Gasteiger partial charge in [0.15, 0.2) is 0 Å². The second-order valence-corrected chi connectivity index (χ2v) is 6.14. The van der Waals surface area contributed by atoms with Crippen LogP contribution in [0, 0.1) is 11.3 Å². The number of nitrogens with one attached hydrogen (secondary N) is 1. The van der Waals surface area contributed by atoms with Crippen LogP contribution in [-0.2, 0) is 4.79 Å². The predicted molar refractivity (Wildman–Crippen MR) is 65.5 cm³/mol. The van der Waals surface area contributed by atoms with Crippen molar-refractivity contribution >= 4 is 5.97 Å². The Balaban J connectivity index is 2.96. The molecule has 1 aliphatic carbocycles. The van der Waals surface area contributed by atoms with Crippen molar-refractivity contribution in [1.29, 1.82) is 0 Å². The predicted octanol–water partition coefficient (Wildman–Crippen LogP) is 2.66. The summed E-state index contributed by atoms with van der Waals surface area (Å²) in [4.78, 5) is 11.1. The maximum Gasteiger partial charge on any atom is 0.305 e. The van der Waals surface area contributed by atoms with Gasteiger partial charge in [0.1, 0.15) is 0 Å². The quantitative estimate of drug-likeness (QED) is 0.779. The van der Waals surface area contributed by atoms with E-state index in [1.165, 1.54) is 6.42 Å². The van der Waals surface area contributed by atoms with Crippen LogP contribution < -0.4 is 5.32 Å². The van der Waals surface area contributed by atoms with E-state index in [1.807, 2.05) is 7.05 Å². The lowest BCUT2D eigenvalue weighted by molar-refractivity contribution is -0.140. The Morgan fingerprint density at radius 3 is 2.50 bits per heavy atom. The van der Waals surface area contributed by atoms with E-state index in [1.54, 1.807) is 0 Å². The molecule has 1 saturated carbocycles. The summed E-state index contributed by atoms with van der Waals surface area (Å²) in [7, 11) is 1.91. The normalized spacial score (nSPS) is 31.4. The Hall–Kier alpha value is -0.570. The van der Waals surface area contributed by atoms with Crippen LogP contribution in [0.2, 0.25) is 0 Å². The van der Waals surface area contributed by atoms with Crippen molar-refractivity contribution in [3.05, 3.63) is 0 Å². The van der Waals surface area contributed by atoms with E-state index in [0.29, 0.717) is 5.92 Å². The minimum absolute atomic E-state index is 0.166. The molecule has 0 aromatic carbocycles. The first kappa shape index (κ1) is 13.5. The summed E-state index contributed by atoms with van der Waals surface area (Å²) in [5.74, 6) is -0.250. The Labute approximate surface area is 98.6 Å². The number of hydrogen-bond donors (Lipinski definition) is 2. The first-order valence-corrected chi connectivity index (χ1v) is 6.22. The van der Waals surface area contributed by atoms with E-state index in [2.05, 4.69) is 26.1 Å². The molecule has 0 bridgehead atoms. The molecular formula is C13H25NO2. The summed E-state index contributed by atoms with van der Waals surface area (Å²) in [5, 5.41) is 12.4. The highest BCUT2D eigenvalue weighted by molar-refractivity contribution is 5.68. The number of carboxylic acids is 1. The first-order valence-electron chi connectivity index (χ1n) is 6.22. The molecule has 3 nitrogen and oxygen atoms in total. The van der Waals surface area contributed by atoms with Gasteiger partial charge in [0, 0.05) is 5.54 Å². The largest absolute Gasteiger partial charge is 0.481 e. The van der Waals surface area contributed by atoms with E-state index >= 15 is 0 Å². The van der Waals surface area contributed by atoms with Crippen molar-refractivity contribution in [2.24, 2.45) is 11.3 Å². The third-order valence-electron chi connectivity index (χ3n) is 4.04. The molecule has 1 aliphatic rings. The fourth-order valence-corrected chi connectivity index (χ4v) is 3.37. The van der Waals surface area contributed by atoms with Gasteiger partial charge in [-0.3, -0.25) is 4.79 Å². The lowest BCUT2D eigenvalue weighted by atomic mass is 9.61. The molecule has 94 valence electrons. The van der Waals surface area contributed by atoms with Crippen LogP contribution in [0.25, 0.3) is 0 Å². The number of carboxylic acid groups (broad SMARTS) is 1. The smallest absolute Gasteiger partial charge is 0.305 e. The molecule has 0 aromatic rings. The number of aliphatic carboxylic acids is 1. The van der Waals surface area contributed by atoms with Crippen molar-refractivity contribution in [1.82, 2.24) is 5.32 Å². The van der Waals surface area contributed by atoms with E-state index in [9.17, 15) is 4.79 Å². The Kier molecular flexibility index (Phi) is 4.00. The lowest BCUT2D eigenvalue weighted by Crippen LogP contribution is -2.56. The summed E-state index contributed by atoms with van der Waals surface area (Å²) < 4.78 is 0. The molecule has 3 heteroatoms. The zero-order chi connectivity index (χ0) is 12.4. The first-order chi connectivity index (χ1) is 7.32. The molecule has 1 fully saturated rings. The monoisotopic (exact) mass is 227 g/mol. The molecule has 0 aliphatic heterocycles. The average molecular weight is 227 g/mol. The fraction of sp³-hybridized carbons (Fsp3) is 0.923. The zero-order valence-electron chi connectivity index (χ0n) is 11.0. The molecule has 0 amide bonds. The maximum atomic E-state index is 11.1. The second-order valence-electron chi connectivity index (χ2n) is 6.14. The third kappa shape index (κ3) is 2.76. The Bertz CT molecular complexity index is 257. The van der Waals surface area contributed by atoms with Gasteiger partial charge in [0.25, 0.3) is 0 Å². The summed E-state index contributed by atoms with van der Waals surface area (Å²) in [6.45, 7) is 6.66. The fourth-order valence-electron chi connectivity index (χ4n) is 3.37. The van der Waals surface area contributed by atoms with Gasteiger partial charge in [0.2, 0.25) is 0 Å². The second kappa shape index (κ2) is 4.74. The maximum absolute atomic E-state index is 11.1. The number of rotatable bonds is 3. The van der Waals surface area contributed by atoms with Gasteiger partial charge in [0.05, 0.1) is 6.42 Å². The minimum Gasteiger partial charge on any atom is -0.481 e. The van der Waals surface area contributed by atoms with Crippen molar-refractivity contribution in [3.8, 4) is 0 Å². The molecule has 0 heterocycles. The van der Waals surface area contributed by atoms with Gasteiger partial charge in [-0.1, -0.05) is 33.6 Å². The molecule has 2 N–H and O–H groups in total. The summed E-state index contributed by atoms with van der Waals surface area (Å²) in [5.41, 5.74) is -0.0405. The van der Waals surface area contributed by atoms with E-state index < -0.39 is 5.97 Å². The van der Waals surface area contributed by atoms with Crippen molar-refractivity contribution in [2.45, 2.75) is 58.4 Å². The van der Waals surface area contributed by atoms with Gasteiger partial charge in [-0.25, -0.2) is 0 Å². The highest BCUT2D eigenvalue weighted by atomic mass is 16.4. The zero-order valence-corrected chi connectivity index (χ0v) is 11.0. The molecule has 16 heavy (non-hydrogen) atoms. The van der Waals surface area contributed by atoms with Crippen LogP contribution in [0.4, 0.5) is 0 Å². The van der Waals surface area contributed by atoms with Gasteiger partial charge in [-0.05, 0) is 31.2 Å². The van der Waals surface area contributed by atoms with E-state index in [4.69, 9.17) is 5.11 Å². The molecule has 2 atom stereocenters. The minimum atomic E-state index is -0.689. The van der Waals surface area contributed by atoms with Crippen molar-refractivity contribution in [2.75, 3.05) is 7.05 Å². The highest BCUT2D eigenvalue weighted by Gasteiger charge is 2.46. The lowest BCUT2D eigenvalue weighted by Gasteiger charge is -2.49. The standard InChI is InChI=1S/C13H25NO2/c1-12(2,3)10-7-5-6-8-13(10,14-4)9-11(15)16/h10,14H,5-9H2,1-4H3,(H,15,16). The van der Waals surface area contributed by atoms with Crippen LogP contribution in [0.3, 0.4) is 0 Å². The van der Waals surface area contributed by atoms with Gasteiger partial charge in [-0.15, -0.1) is 0 Å². The van der Waals surface area contributed by atoms with Crippen molar-refractivity contribution < 1.29 is 9.90 Å². The summed E-state index contributed by atoms with van der Waals surface area (Å²) >= 11 is 0. The van der Waals surface area contributed by atoms with Crippen LogP contribution in [0.15, 0.2) is 0 Å². The molecule has 2 unspecified atom stereocenters. The number of carbonyl (C=O) groups is 1. The molecule has 1 rings (SSSR count). The summed E-state index contributed by atoms with van der Waals surface area (Å²) in [6.07, 6.45) is 4.73. The summed E-state index contributed by atoms with van der Waals surface area (Å²) in [6, 6.07) is 0. The Morgan fingerprint density at radius 1 is 1.44 bits per heavy atom. The average Bonchev–Trinajstić information content (AvgIpc) is 2.15.